The molecule has 4 heteroatoms. The molecule has 0 N–H and O–H groups in total. The summed E-state index contributed by atoms with van der Waals surface area (Å²) in [5.41, 5.74) is 6.51. The van der Waals surface area contributed by atoms with E-state index < -0.39 is 0 Å². The highest BCUT2D eigenvalue weighted by molar-refractivity contribution is 5.47. The van der Waals surface area contributed by atoms with Crippen molar-refractivity contribution >= 4 is 0 Å². The van der Waals surface area contributed by atoms with E-state index in [4.69, 9.17) is 10.1 Å². The Bertz CT molecular complexity index is 895. The second-order valence-electron chi connectivity index (χ2n) is 9.22. The van der Waals surface area contributed by atoms with Crippen LogP contribution in [0.2, 0.25) is 0 Å². The number of allylic oxidation sites excluding steroid dienone is 2. The molecule has 4 rings (SSSR count). The van der Waals surface area contributed by atoms with Gasteiger partial charge >= 0.3 is 0 Å². The van der Waals surface area contributed by atoms with E-state index in [0.29, 0.717) is 5.92 Å². The highest BCUT2D eigenvalue weighted by Gasteiger charge is 2.32. The summed E-state index contributed by atoms with van der Waals surface area (Å²) in [6.07, 6.45) is 12.9. The van der Waals surface area contributed by atoms with Gasteiger partial charge in [0.25, 0.3) is 0 Å². The monoisotopic (exact) mass is 404 g/mol. The van der Waals surface area contributed by atoms with Crippen molar-refractivity contribution in [2.75, 3.05) is 13.1 Å². The van der Waals surface area contributed by atoms with Gasteiger partial charge in [-0.1, -0.05) is 49.3 Å². The molecule has 0 spiro atoms. The van der Waals surface area contributed by atoms with Crippen molar-refractivity contribution in [1.29, 1.82) is 0 Å². The predicted octanol–water partition coefficient (Wildman–Crippen LogP) is 6.10. The molecule has 30 heavy (non-hydrogen) atoms. The lowest BCUT2D eigenvalue weighted by atomic mass is 9.82. The third-order valence-corrected chi connectivity index (χ3v) is 6.97. The van der Waals surface area contributed by atoms with Crippen LogP contribution < -0.4 is 0 Å². The van der Waals surface area contributed by atoms with Gasteiger partial charge in [0.15, 0.2) is 5.82 Å². The maximum Gasteiger partial charge on any atom is 0.153 e. The first-order valence-electron chi connectivity index (χ1n) is 11.6. The van der Waals surface area contributed by atoms with Crippen LogP contribution in [0, 0.1) is 19.8 Å². The van der Waals surface area contributed by atoms with Gasteiger partial charge in [-0.05, 0) is 88.6 Å². The van der Waals surface area contributed by atoms with Crippen LogP contribution in [0.5, 0.6) is 0 Å². The quantitative estimate of drug-likeness (QED) is 0.564. The number of likely N-dealkylation sites (tertiary alicyclic amines) is 1. The van der Waals surface area contributed by atoms with E-state index >= 15 is 0 Å². The minimum absolute atomic E-state index is 0.218. The van der Waals surface area contributed by atoms with Gasteiger partial charge in [0.05, 0.1) is 11.7 Å². The molecule has 1 saturated heterocycles. The molecule has 2 atom stereocenters. The van der Waals surface area contributed by atoms with Gasteiger partial charge in [-0.25, -0.2) is 9.67 Å². The molecule has 1 aromatic heterocycles. The van der Waals surface area contributed by atoms with E-state index in [1.54, 1.807) is 6.33 Å². The van der Waals surface area contributed by atoms with Gasteiger partial charge in [-0.2, -0.15) is 5.10 Å². The Balaban J connectivity index is 1.76. The maximum absolute atomic E-state index is 4.86. The summed E-state index contributed by atoms with van der Waals surface area (Å²) in [6, 6.07) is 6.69. The molecule has 2 heterocycles. The summed E-state index contributed by atoms with van der Waals surface area (Å²) in [5.74, 6) is 1.70. The van der Waals surface area contributed by atoms with E-state index in [-0.39, 0.29) is 6.04 Å². The average Bonchev–Trinajstić information content (AvgIpc) is 3.03. The van der Waals surface area contributed by atoms with Crippen LogP contribution in [0.3, 0.4) is 0 Å². The minimum Gasteiger partial charge on any atom is -0.290 e. The van der Waals surface area contributed by atoms with Gasteiger partial charge in [-0.3, -0.25) is 4.90 Å². The van der Waals surface area contributed by atoms with Crippen molar-refractivity contribution in [3.05, 3.63) is 65.3 Å². The smallest absolute Gasteiger partial charge is 0.153 e. The summed E-state index contributed by atoms with van der Waals surface area (Å²) in [4.78, 5) is 7.54. The Morgan fingerprint density at radius 1 is 1.10 bits per heavy atom. The van der Waals surface area contributed by atoms with Crippen molar-refractivity contribution in [2.45, 2.75) is 71.8 Å². The van der Waals surface area contributed by atoms with Gasteiger partial charge in [0, 0.05) is 0 Å². The fraction of sp³-hybridized carbons (Fsp3) is 0.538. The molecule has 160 valence electrons. The summed E-state index contributed by atoms with van der Waals surface area (Å²) in [7, 11) is 0. The van der Waals surface area contributed by atoms with Crippen molar-refractivity contribution in [3.8, 4) is 5.69 Å². The van der Waals surface area contributed by atoms with E-state index in [1.165, 1.54) is 60.1 Å². The van der Waals surface area contributed by atoms with E-state index in [1.807, 2.05) is 0 Å². The van der Waals surface area contributed by atoms with Crippen LogP contribution in [-0.4, -0.2) is 32.8 Å². The average molecular weight is 405 g/mol. The molecule has 0 bridgehead atoms. The van der Waals surface area contributed by atoms with Crippen molar-refractivity contribution < 1.29 is 0 Å². The second-order valence-corrected chi connectivity index (χ2v) is 9.22. The molecule has 2 unspecified atom stereocenters. The normalized spacial score (nSPS) is 21.7. The molecule has 1 aromatic carbocycles. The van der Waals surface area contributed by atoms with E-state index in [0.717, 1.165) is 31.8 Å². The number of rotatable bonds is 5. The van der Waals surface area contributed by atoms with Crippen molar-refractivity contribution in [2.24, 2.45) is 5.92 Å². The summed E-state index contributed by atoms with van der Waals surface area (Å²) in [6.45, 7) is 13.0. The first-order chi connectivity index (χ1) is 14.6. The van der Waals surface area contributed by atoms with Crippen LogP contribution in [0.25, 0.3) is 5.69 Å². The summed E-state index contributed by atoms with van der Waals surface area (Å²) < 4.78 is 2.12. The number of aryl methyl sites for hydroxylation is 2. The summed E-state index contributed by atoms with van der Waals surface area (Å²) in [5, 5.41) is 4.72. The van der Waals surface area contributed by atoms with Crippen LogP contribution in [0.1, 0.15) is 74.9 Å². The Hall–Kier alpha value is -2.20. The lowest BCUT2D eigenvalue weighted by molar-refractivity contribution is 0.214. The number of hydrogen-bond donors (Lipinski definition) is 0. The third kappa shape index (κ3) is 4.29. The van der Waals surface area contributed by atoms with Gasteiger partial charge < -0.3 is 0 Å². The Labute approximate surface area is 181 Å². The summed E-state index contributed by atoms with van der Waals surface area (Å²) >= 11 is 0. The predicted molar refractivity (Wildman–Crippen MR) is 124 cm³/mol. The second kappa shape index (κ2) is 9.30. The zero-order valence-corrected chi connectivity index (χ0v) is 18.9. The van der Waals surface area contributed by atoms with Gasteiger partial charge in [0.1, 0.15) is 6.33 Å². The number of nitrogens with zero attached hydrogens (tertiary/aromatic N) is 4. The van der Waals surface area contributed by atoms with Crippen LogP contribution in [0.15, 0.2) is 48.3 Å². The molecular weight excluding hydrogens is 368 g/mol. The van der Waals surface area contributed by atoms with Gasteiger partial charge in [0.2, 0.25) is 0 Å². The highest BCUT2D eigenvalue weighted by atomic mass is 15.4. The zero-order chi connectivity index (χ0) is 21.1. The third-order valence-electron chi connectivity index (χ3n) is 6.97. The fourth-order valence-electron chi connectivity index (χ4n) is 5.22. The molecule has 0 radical (unpaired) electrons. The lowest BCUT2D eigenvalue weighted by Crippen LogP contribution is -2.34. The molecule has 0 saturated carbocycles. The first kappa shape index (κ1) is 21.0. The molecule has 1 aliphatic carbocycles. The minimum atomic E-state index is 0.218. The standard InChI is InChI=1S/C26H36N4/c1-19(2)22-12-14-23(15-13-22)25(29-16-7-5-6-8-17-29)26-27-18-28-30(26)24-20(3)10-9-11-21(24)4/h9-11,14,18,22,25H,1,5-8,12-13,15-17H2,2-4H3. The maximum atomic E-state index is 4.86. The van der Waals surface area contributed by atoms with Crippen molar-refractivity contribution in [3.63, 3.8) is 0 Å². The molecule has 2 aliphatic rings. The first-order valence-corrected chi connectivity index (χ1v) is 11.6. The molecule has 0 amide bonds. The Morgan fingerprint density at radius 2 is 1.80 bits per heavy atom. The van der Waals surface area contributed by atoms with Crippen molar-refractivity contribution in [1.82, 2.24) is 19.7 Å². The zero-order valence-electron chi connectivity index (χ0n) is 18.9. The van der Waals surface area contributed by atoms with Crippen LogP contribution in [-0.2, 0) is 0 Å². The largest absolute Gasteiger partial charge is 0.290 e. The fourth-order valence-corrected chi connectivity index (χ4v) is 5.22. The number of aromatic nitrogens is 3. The molecule has 1 fully saturated rings. The number of para-hydroxylation sites is 1. The highest BCUT2D eigenvalue weighted by Crippen LogP contribution is 2.39. The molecule has 4 nitrogen and oxygen atoms in total. The Kier molecular flexibility index (Phi) is 6.52. The lowest BCUT2D eigenvalue weighted by Gasteiger charge is -2.35. The number of benzene rings is 1. The SMILES string of the molecule is C=C(C)C1CC=C(C(c2ncnn2-c2c(C)cccc2C)N2CCCCCC2)CC1. The number of hydrogen-bond acceptors (Lipinski definition) is 3. The van der Waals surface area contributed by atoms with Gasteiger partial charge in [-0.15, -0.1) is 0 Å². The van der Waals surface area contributed by atoms with E-state index in [9.17, 15) is 0 Å². The molecular formula is C26H36N4. The Morgan fingerprint density at radius 3 is 2.40 bits per heavy atom. The topological polar surface area (TPSA) is 34.0 Å². The van der Waals surface area contributed by atoms with Crippen LogP contribution >= 0.6 is 0 Å². The molecule has 2 aromatic rings. The van der Waals surface area contributed by atoms with Crippen LogP contribution in [0.4, 0.5) is 0 Å². The van der Waals surface area contributed by atoms with E-state index in [2.05, 4.69) is 61.2 Å². The molecule has 1 aliphatic heterocycles.